The number of aromatic nitrogens is 1. The number of amides is 2. The van der Waals surface area contributed by atoms with Crippen molar-refractivity contribution in [3.63, 3.8) is 0 Å². The predicted octanol–water partition coefficient (Wildman–Crippen LogP) is 6.54. The van der Waals surface area contributed by atoms with E-state index in [-0.39, 0.29) is 12.1 Å². The lowest BCUT2D eigenvalue weighted by atomic mass is 10.00. The third-order valence-electron chi connectivity index (χ3n) is 6.34. The maximum atomic E-state index is 13.7. The molecule has 0 radical (unpaired) electrons. The molecule has 4 aromatic rings. The van der Waals surface area contributed by atoms with E-state index < -0.39 is 0 Å². The first-order valence-corrected chi connectivity index (χ1v) is 11.0. The smallest absolute Gasteiger partial charge is 0.318 e. The zero-order valence-corrected chi connectivity index (χ0v) is 18.7. The average Bonchev–Trinajstić information content (AvgIpc) is 3.20. The molecule has 1 N–H and O–H groups in total. The number of urea groups is 1. The first-order chi connectivity index (χ1) is 15.5. The van der Waals surface area contributed by atoms with Crippen molar-refractivity contribution in [3.8, 4) is 5.69 Å². The quantitative estimate of drug-likeness (QED) is 0.392. The number of hydrogen-bond donors (Lipinski definition) is 1. The van der Waals surface area contributed by atoms with Crippen molar-refractivity contribution in [2.24, 2.45) is 0 Å². The molecule has 0 fully saturated rings. The summed E-state index contributed by atoms with van der Waals surface area (Å²) in [6.07, 6.45) is 2.09. The predicted molar refractivity (Wildman–Crippen MR) is 129 cm³/mol. The summed E-state index contributed by atoms with van der Waals surface area (Å²) in [7, 11) is 0. The average molecular weight is 422 g/mol. The summed E-state index contributed by atoms with van der Waals surface area (Å²) >= 11 is 0. The first-order valence-electron chi connectivity index (χ1n) is 11.0. The standard InChI is InChI=1S/C28H27N3O/c1-19-8-6-10-22(16-19)27-26-12-7-15-30(26)25-11-5-4-9-23(25)18-31(27)28(32)29-24-14-13-20(2)21(3)17-24/h4-17,27H,18H2,1-3H3,(H,29,32)/t27-/m0/s1. The Bertz CT molecular complexity index is 1300. The van der Waals surface area contributed by atoms with Gasteiger partial charge in [-0.2, -0.15) is 0 Å². The van der Waals surface area contributed by atoms with Crippen LogP contribution in [0, 0.1) is 20.8 Å². The van der Waals surface area contributed by atoms with E-state index in [1.807, 2.05) is 29.2 Å². The largest absolute Gasteiger partial charge is 0.322 e. The van der Waals surface area contributed by atoms with Gasteiger partial charge in [-0.3, -0.25) is 0 Å². The van der Waals surface area contributed by atoms with Gasteiger partial charge in [0.15, 0.2) is 0 Å². The minimum Gasteiger partial charge on any atom is -0.318 e. The van der Waals surface area contributed by atoms with Crippen molar-refractivity contribution < 1.29 is 4.79 Å². The van der Waals surface area contributed by atoms with Crippen LogP contribution in [0.1, 0.15) is 39.6 Å². The zero-order chi connectivity index (χ0) is 22.2. The number of rotatable bonds is 2. The SMILES string of the molecule is Cc1cccc([C@H]2c3cccn3-c3ccccc3CN2C(=O)Nc2ccc(C)c(C)c2)c1. The molecule has 0 unspecified atom stereocenters. The van der Waals surface area contributed by atoms with Gasteiger partial charge in [0.2, 0.25) is 0 Å². The van der Waals surface area contributed by atoms with Crippen LogP contribution < -0.4 is 5.32 Å². The van der Waals surface area contributed by atoms with E-state index in [0.717, 1.165) is 33.8 Å². The number of anilines is 1. The fourth-order valence-electron chi connectivity index (χ4n) is 4.54. The van der Waals surface area contributed by atoms with Crippen molar-refractivity contribution in [2.75, 3.05) is 5.32 Å². The molecule has 1 atom stereocenters. The molecular weight excluding hydrogens is 394 g/mol. The number of nitrogens with zero attached hydrogens (tertiary/aromatic N) is 2. The monoisotopic (exact) mass is 421 g/mol. The molecule has 2 heterocycles. The van der Waals surface area contributed by atoms with Crippen LogP contribution in [-0.2, 0) is 6.54 Å². The molecule has 5 rings (SSSR count). The van der Waals surface area contributed by atoms with E-state index in [9.17, 15) is 4.79 Å². The molecule has 2 amide bonds. The van der Waals surface area contributed by atoms with Gasteiger partial charge in [-0.05, 0) is 73.4 Å². The van der Waals surface area contributed by atoms with Gasteiger partial charge in [-0.15, -0.1) is 0 Å². The molecule has 0 spiro atoms. The second-order valence-corrected chi connectivity index (χ2v) is 8.61. The summed E-state index contributed by atoms with van der Waals surface area (Å²) in [5, 5.41) is 3.15. The lowest BCUT2D eigenvalue weighted by molar-refractivity contribution is 0.194. The Morgan fingerprint density at radius 3 is 2.53 bits per heavy atom. The maximum absolute atomic E-state index is 13.7. The molecule has 4 nitrogen and oxygen atoms in total. The van der Waals surface area contributed by atoms with E-state index in [2.05, 4.69) is 91.4 Å². The topological polar surface area (TPSA) is 37.3 Å². The number of hydrogen-bond acceptors (Lipinski definition) is 1. The lowest BCUT2D eigenvalue weighted by Crippen LogP contribution is -2.38. The Morgan fingerprint density at radius 1 is 0.875 bits per heavy atom. The molecule has 1 aromatic heterocycles. The van der Waals surface area contributed by atoms with Gasteiger partial charge in [-0.25, -0.2) is 4.79 Å². The van der Waals surface area contributed by atoms with Gasteiger partial charge < -0.3 is 14.8 Å². The van der Waals surface area contributed by atoms with Crippen LogP contribution in [-0.4, -0.2) is 15.5 Å². The number of fused-ring (bicyclic) bond motifs is 3. The summed E-state index contributed by atoms with van der Waals surface area (Å²) in [6.45, 7) is 6.75. The number of nitrogens with one attached hydrogen (secondary N) is 1. The van der Waals surface area contributed by atoms with E-state index in [0.29, 0.717) is 6.54 Å². The Morgan fingerprint density at radius 2 is 1.72 bits per heavy atom. The van der Waals surface area contributed by atoms with Crippen molar-refractivity contribution in [2.45, 2.75) is 33.4 Å². The van der Waals surface area contributed by atoms with E-state index in [4.69, 9.17) is 0 Å². The van der Waals surface area contributed by atoms with Crippen LogP contribution >= 0.6 is 0 Å². The number of carbonyl (C=O) groups is 1. The third-order valence-corrected chi connectivity index (χ3v) is 6.34. The second kappa shape index (κ2) is 8.04. The normalized spacial score (nSPS) is 15.0. The highest BCUT2D eigenvalue weighted by Crippen LogP contribution is 2.37. The highest BCUT2D eigenvalue weighted by molar-refractivity contribution is 5.90. The molecule has 32 heavy (non-hydrogen) atoms. The van der Waals surface area contributed by atoms with Crippen molar-refractivity contribution in [3.05, 3.63) is 119 Å². The Labute approximate surface area is 189 Å². The third kappa shape index (κ3) is 3.58. The Kier molecular flexibility index (Phi) is 5.06. The van der Waals surface area contributed by atoms with Crippen LogP contribution in [0.2, 0.25) is 0 Å². The molecule has 4 heteroatoms. The van der Waals surface area contributed by atoms with Crippen molar-refractivity contribution in [1.82, 2.24) is 9.47 Å². The second-order valence-electron chi connectivity index (χ2n) is 8.61. The molecule has 0 aliphatic carbocycles. The molecule has 0 bridgehead atoms. The molecule has 0 saturated carbocycles. The summed E-state index contributed by atoms with van der Waals surface area (Å²) in [5.74, 6) is 0. The van der Waals surface area contributed by atoms with Gasteiger partial charge in [0.25, 0.3) is 0 Å². The minimum absolute atomic E-state index is 0.107. The summed E-state index contributed by atoms with van der Waals surface area (Å²) in [6, 6.07) is 26.7. The van der Waals surface area contributed by atoms with Gasteiger partial charge in [0, 0.05) is 17.6 Å². The summed E-state index contributed by atoms with van der Waals surface area (Å²) < 4.78 is 2.21. The Balaban J connectivity index is 1.63. The van der Waals surface area contributed by atoms with Crippen molar-refractivity contribution in [1.29, 1.82) is 0 Å². The lowest BCUT2D eigenvalue weighted by Gasteiger charge is -2.31. The number of carbonyl (C=O) groups excluding carboxylic acids is 1. The number of para-hydroxylation sites is 1. The summed E-state index contributed by atoms with van der Waals surface area (Å²) in [4.78, 5) is 15.7. The molecule has 0 saturated heterocycles. The van der Waals surface area contributed by atoms with Gasteiger partial charge in [0.1, 0.15) is 0 Å². The molecular formula is C28H27N3O. The molecule has 1 aliphatic heterocycles. The van der Waals surface area contributed by atoms with Crippen molar-refractivity contribution >= 4 is 11.7 Å². The molecule has 1 aliphatic rings. The van der Waals surface area contributed by atoms with Crippen LogP contribution in [0.25, 0.3) is 5.69 Å². The first kappa shape index (κ1) is 20.1. The van der Waals surface area contributed by atoms with E-state index in [1.54, 1.807) is 0 Å². The van der Waals surface area contributed by atoms with Gasteiger partial charge >= 0.3 is 6.03 Å². The number of aryl methyl sites for hydroxylation is 3. The maximum Gasteiger partial charge on any atom is 0.322 e. The Hall–Kier alpha value is -3.79. The highest BCUT2D eigenvalue weighted by Gasteiger charge is 2.33. The van der Waals surface area contributed by atoms with Gasteiger partial charge in [-0.1, -0.05) is 54.1 Å². The fraction of sp³-hybridized carbons (Fsp3) is 0.179. The van der Waals surface area contributed by atoms with E-state index >= 15 is 0 Å². The summed E-state index contributed by atoms with van der Waals surface area (Å²) in [5.41, 5.74) is 8.78. The minimum atomic E-state index is -0.205. The van der Waals surface area contributed by atoms with E-state index in [1.165, 1.54) is 11.1 Å². The zero-order valence-electron chi connectivity index (χ0n) is 18.7. The molecule has 160 valence electrons. The van der Waals surface area contributed by atoms with Crippen LogP contribution in [0.4, 0.5) is 10.5 Å². The fourth-order valence-corrected chi connectivity index (χ4v) is 4.54. The highest BCUT2D eigenvalue weighted by atomic mass is 16.2. The van der Waals surface area contributed by atoms with Crippen LogP contribution in [0.15, 0.2) is 85.1 Å². The molecule has 3 aromatic carbocycles. The number of benzene rings is 3. The van der Waals surface area contributed by atoms with Crippen LogP contribution in [0.3, 0.4) is 0 Å². The van der Waals surface area contributed by atoms with Crippen LogP contribution in [0.5, 0.6) is 0 Å². The van der Waals surface area contributed by atoms with Gasteiger partial charge in [0.05, 0.1) is 18.3 Å².